The van der Waals surface area contributed by atoms with Crippen molar-refractivity contribution in [3.63, 3.8) is 0 Å². The van der Waals surface area contributed by atoms with Gasteiger partial charge in [-0.1, -0.05) is 0 Å². The Morgan fingerprint density at radius 1 is 0.903 bits per heavy atom. The number of rotatable bonds is 15. The summed E-state index contributed by atoms with van der Waals surface area (Å²) in [5.41, 5.74) is 10.5. The fraction of sp³-hybridized carbons (Fsp3) is 0.647. The Morgan fingerprint density at radius 3 is 1.90 bits per heavy atom. The molecule has 14 heteroatoms. The minimum absolute atomic E-state index is 0.159. The van der Waals surface area contributed by atoms with Gasteiger partial charge in [0.2, 0.25) is 23.6 Å². The number of nitrogens with one attached hydrogen (secondary N) is 3. The Hall–Kier alpha value is -2.87. The molecule has 0 saturated carbocycles. The Kier molecular flexibility index (Phi) is 12.9. The Labute approximate surface area is 183 Å². The molecule has 31 heavy (non-hydrogen) atoms. The van der Waals surface area contributed by atoms with Gasteiger partial charge in [0.15, 0.2) is 0 Å². The van der Waals surface area contributed by atoms with Crippen molar-refractivity contribution in [2.45, 2.75) is 56.8 Å². The summed E-state index contributed by atoms with van der Waals surface area (Å²) in [4.78, 5) is 70.0. The van der Waals surface area contributed by atoms with Gasteiger partial charge < -0.3 is 37.6 Å². The van der Waals surface area contributed by atoms with Crippen LogP contribution in [0.5, 0.6) is 0 Å². The number of carboxylic acid groups (broad SMARTS) is 2. The third kappa shape index (κ3) is 11.8. The van der Waals surface area contributed by atoms with Crippen LogP contribution in [-0.4, -0.2) is 82.0 Å². The van der Waals surface area contributed by atoms with E-state index in [1.165, 1.54) is 18.7 Å². The summed E-state index contributed by atoms with van der Waals surface area (Å²) in [7, 11) is 0. The van der Waals surface area contributed by atoms with Gasteiger partial charge in [0, 0.05) is 6.42 Å². The molecule has 9 N–H and O–H groups in total. The van der Waals surface area contributed by atoms with Crippen LogP contribution in [0, 0.1) is 0 Å². The van der Waals surface area contributed by atoms with E-state index in [1.807, 2.05) is 0 Å². The zero-order valence-electron chi connectivity index (χ0n) is 17.3. The fourth-order valence-corrected chi connectivity index (χ4v) is 2.75. The number of primary amides is 1. The number of hydrogen-bond acceptors (Lipinski definition) is 8. The maximum Gasteiger partial charge on any atom is 0.325 e. The smallest absolute Gasteiger partial charge is 0.325 e. The predicted molar refractivity (Wildman–Crippen MR) is 111 cm³/mol. The van der Waals surface area contributed by atoms with Gasteiger partial charge in [0.1, 0.15) is 18.1 Å². The SMILES string of the molecule is CSCCC(NC(=O)C(CCC(=O)O)NC(=O)C(N)CC(N)=O)C(=O)NC(C)C(=O)O. The predicted octanol–water partition coefficient (Wildman–Crippen LogP) is -2.63. The maximum absolute atomic E-state index is 12.7. The van der Waals surface area contributed by atoms with Gasteiger partial charge in [-0.3, -0.25) is 28.8 Å². The molecule has 4 amide bonds. The van der Waals surface area contributed by atoms with Crippen molar-refractivity contribution >= 4 is 47.3 Å². The highest BCUT2D eigenvalue weighted by Crippen LogP contribution is 2.05. The fourth-order valence-electron chi connectivity index (χ4n) is 2.28. The highest BCUT2D eigenvalue weighted by atomic mass is 32.2. The molecule has 0 spiro atoms. The second kappa shape index (κ2) is 14.2. The summed E-state index contributed by atoms with van der Waals surface area (Å²) in [6, 6.07) is -5.02. The van der Waals surface area contributed by atoms with E-state index < -0.39 is 72.6 Å². The van der Waals surface area contributed by atoms with Crippen LogP contribution in [0.15, 0.2) is 0 Å². The molecule has 0 aromatic heterocycles. The first kappa shape index (κ1) is 28.1. The highest BCUT2D eigenvalue weighted by Gasteiger charge is 2.29. The van der Waals surface area contributed by atoms with Crippen molar-refractivity contribution in [2.75, 3.05) is 12.0 Å². The number of nitrogens with two attached hydrogens (primary N) is 2. The molecule has 0 aromatic carbocycles. The standard InChI is InChI=1S/C17H29N5O8S/c1-8(17(29)30)20-15(27)11(5-6-31-2)22-16(28)10(3-4-13(24)25)21-14(26)9(18)7-12(19)23/h8-11H,3-7,18H2,1-2H3,(H2,19,23)(H,20,27)(H,21,26)(H,22,28)(H,24,25)(H,29,30). The largest absolute Gasteiger partial charge is 0.481 e. The first-order valence-corrected chi connectivity index (χ1v) is 10.7. The average molecular weight is 464 g/mol. The first-order valence-electron chi connectivity index (χ1n) is 9.27. The van der Waals surface area contributed by atoms with E-state index in [2.05, 4.69) is 16.0 Å². The number of carboxylic acids is 2. The lowest BCUT2D eigenvalue weighted by atomic mass is 10.1. The number of aliphatic carboxylic acids is 2. The van der Waals surface area contributed by atoms with Crippen LogP contribution in [0.1, 0.15) is 32.6 Å². The normalized spacial score (nSPS) is 14.4. The van der Waals surface area contributed by atoms with E-state index in [-0.39, 0.29) is 12.8 Å². The zero-order chi connectivity index (χ0) is 24.1. The quantitative estimate of drug-likeness (QED) is 0.133. The van der Waals surface area contributed by atoms with E-state index in [0.717, 1.165) is 0 Å². The highest BCUT2D eigenvalue weighted by molar-refractivity contribution is 7.98. The molecule has 4 unspecified atom stereocenters. The van der Waals surface area contributed by atoms with E-state index in [9.17, 15) is 28.8 Å². The molecule has 0 aromatic rings. The summed E-state index contributed by atoms with van der Waals surface area (Å²) < 4.78 is 0. The van der Waals surface area contributed by atoms with Crippen molar-refractivity contribution in [1.82, 2.24) is 16.0 Å². The van der Waals surface area contributed by atoms with Crippen molar-refractivity contribution in [3.8, 4) is 0 Å². The number of amides is 4. The second-order valence-corrected chi connectivity index (χ2v) is 7.67. The Balaban J connectivity index is 5.37. The lowest BCUT2D eigenvalue weighted by Crippen LogP contribution is -2.57. The van der Waals surface area contributed by atoms with Crippen molar-refractivity contribution in [2.24, 2.45) is 11.5 Å². The molecular formula is C17H29N5O8S. The van der Waals surface area contributed by atoms with Gasteiger partial charge in [0.25, 0.3) is 0 Å². The molecule has 0 aliphatic rings. The molecule has 0 saturated heterocycles. The van der Waals surface area contributed by atoms with E-state index in [1.54, 1.807) is 6.26 Å². The summed E-state index contributed by atoms with van der Waals surface area (Å²) in [6.45, 7) is 1.25. The van der Waals surface area contributed by atoms with Gasteiger partial charge in [-0.15, -0.1) is 0 Å². The van der Waals surface area contributed by atoms with E-state index in [0.29, 0.717) is 5.75 Å². The minimum atomic E-state index is -1.36. The van der Waals surface area contributed by atoms with E-state index in [4.69, 9.17) is 21.7 Å². The van der Waals surface area contributed by atoms with Crippen molar-refractivity contribution in [3.05, 3.63) is 0 Å². The molecule has 4 atom stereocenters. The molecule has 0 aliphatic heterocycles. The Morgan fingerprint density at radius 2 is 1.42 bits per heavy atom. The lowest BCUT2D eigenvalue weighted by molar-refractivity contribution is -0.141. The van der Waals surface area contributed by atoms with Crippen LogP contribution in [0.4, 0.5) is 0 Å². The lowest BCUT2D eigenvalue weighted by Gasteiger charge is -2.24. The van der Waals surface area contributed by atoms with Crippen LogP contribution in [-0.2, 0) is 28.8 Å². The average Bonchev–Trinajstić information content (AvgIpc) is 2.66. The van der Waals surface area contributed by atoms with Crippen LogP contribution < -0.4 is 27.4 Å². The first-order chi connectivity index (χ1) is 14.4. The molecule has 176 valence electrons. The molecule has 0 bridgehead atoms. The van der Waals surface area contributed by atoms with Gasteiger partial charge in [-0.05, 0) is 31.8 Å². The van der Waals surface area contributed by atoms with Gasteiger partial charge in [-0.25, -0.2) is 0 Å². The van der Waals surface area contributed by atoms with Gasteiger partial charge >= 0.3 is 11.9 Å². The summed E-state index contributed by atoms with van der Waals surface area (Å²) in [5, 5.41) is 24.7. The van der Waals surface area contributed by atoms with Gasteiger partial charge in [0.05, 0.1) is 12.5 Å². The third-order valence-electron chi connectivity index (χ3n) is 4.01. The number of thioether (sulfide) groups is 1. The topological polar surface area (TPSA) is 231 Å². The second-order valence-electron chi connectivity index (χ2n) is 6.68. The zero-order valence-corrected chi connectivity index (χ0v) is 18.1. The monoisotopic (exact) mass is 463 g/mol. The number of carbonyl (C=O) groups excluding carboxylic acids is 4. The summed E-state index contributed by atoms with van der Waals surface area (Å²) in [5.74, 6) is -5.37. The van der Waals surface area contributed by atoms with Gasteiger partial charge in [-0.2, -0.15) is 11.8 Å². The van der Waals surface area contributed by atoms with E-state index >= 15 is 0 Å². The van der Waals surface area contributed by atoms with Crippen molar-refractivity contribution in [1.29, 1.82) is 0 Å². The molecule has 0 fully saturated rings. The molecule has 0 aliphatic carbocycles. The summed E-state index contributed by atoms with van der Waals surface area (Å²) >= 11 is 1.39. The van der Waals surface area contributed by atoms with Crippen LogP contribution in [0.2, 0.25) is 0 Å². The van der Waals surface area contributed by atoms with Crippen LogP contribution in [0.25, 0.3) is 0 Å². The summed E-state index contributed by atoms with van der Waals surface area (Å²) in [6.07, 6.45) is 0.670. The maximum atomic E-state index is 12.7. The number of hydrogen-bond donors (Lipinski definition) is 7. The molecule has 13 nitrogen and oxygen atoms in total. The van der Waals surface area contributed by atoms with Crippen LogP contribution >= 0.6 is 11.8 Å². The third-order valence-corrected chi connectivity index (χ3v) is 4.65. The molecule has 0 heterocycles. The molecule has 0 radical (unpaired) electrons. The Bertz CT molecular complexity index is 689. The number of carbonyl (C=O) groups is 6. The molecule has 0 rings (SSSR count). The van der Waals surface area contributed by atoms with Crippen molar-refractivity contribution < 1.29 is 39.0 Å². The minimum Gasteiger partial charge on any atom is -0.481 e. The van der Waals surface area contributed by atoms with Crippen LogP contribution in [0.3, 0.4) is 0 Å². The molecular weight excluding hydrogens is 434 g/mol.